The van der Waals surface area contributed by atoms with Crippen LogP contribution in [0.4, 0.5) is 5.95 Å². The lowest BCUT2D eigenvalue weighted by atomic mass is 9.61. The van der Waals surface area contributed by atoms with Crippen molar-refractivity contribution in [2.75, 3.05) is 25.5 Å². The SMILES string of the molecule is CN1CC2(CC(Nc3ncc4c(-c5ccc6ncccc6c5)ccn4n3)C2)C1. The molecule has 4 heterocycles. The first-order chi connectivity index (χ1) is 13.7. The van der Waals surface area contributed by atoms with Crippen molar-refractivity contribution in [2.24, 2.45) is 5.41 Å². The van der Waals surface area contributed by atoms with Gasteiger partial charge < -0.3 is 10.2 Å². The number of nitrogens with zero attached hydrogens (tertiary/aromatic N) is 5. The zero-order chi connectivity index (χ0) is 18.7. The fourth-order valence-electron chi connectivity index (χ4n) is 5.08. The van der Waals surface area contributed by atoms with Gasteiger partial charge >= 0.3 is 0 Å². The third kappa shape index (κ3) is 2.48. The number of likely N-dealkylation sites (tertiary alicyclic amines) is 1. The molecule has 1 spiro atoms. The summed E-state index contributed by atoms with van der Waals surface area (Å²) in [7, 11) is 2.19. The molecule has 0 bridgehead atoms. The molecule has 6 heteroatoms. The lowest BCUT2D eigenvalue weighted by Gasteiger charge is -2.58. The smallest absolute Gasteiger partial charge is 0.241 e. The van der Waals surface area contributed by atoms with Gasteiger partial charge in [0.1, 0.15) is 0 Å². The van der Waals surface area contributed by atoms with E-state index in [4.69, 9.17) is 0 Å². The van der Waals surface area contributed by atoms with Gasteiger partial charge in [-0.25, -0.2) is 9.50 Å². The van der Waals surface area contributed by atoms with Gasteiger partial charge in [-0.05, 0) is 55.1 Å². The maximum absolute atomic E-state index is 4.68. The van der Waals surface area contributed by atoms with Crippen molar-refractivity contribution in [3.05, 3.63) is 55.0 Å². The lowest BCUT2D eigenvalue weighted by molar-refractivity contribution is -0.0514. The Hall–Kier alpha value is -2.99. The van der Waals surface area contributed by atoms with Crippen molar-refractivity contribution < 1.29 is 0 Å². The Morgan fingerprint density at radius 1 is 1.11 bits per heavy atom. The Morgan fingerprint density at radius 2 is 2.00 bits per heavy atom. The number of benzene rings is 1. The van der Waals surface area contributed by atoms with Crippen molar-refractivity contribution in [2.45, 2.75) is 18.9 Å². The molecule has 0 radical (unpaired) electrons. The van der Waals surface area contributed by atoms with E-state index in [0.29, 0.717) is 17.4 Å². The van der Waals surface area contributed by atoms with Gasteiger partial charge in [0, 0.05) is 42.5 Å². The average Bonchev–Trinajstić information content (AvgIpc) is 3.08. The molecule has 140 valence electrons. The zero-order valence-electron chi connectivity index (χ0n) is 15.8. The van der Waals surface area contributed by atoms with E-state index in [0.717, 1.165) is 27.5 Å². The largest absolute Gasteiger partial charge is 0.350 e. The summed E-state index contributed by atoms with van der Waals surface area (Å²) in [6.45, 7) is 2.46. The maximum atomic E-state index is 4.68. The van der Waals surface area contributed by atoms with Crippen molar-refractivity contribution in [1.29, 1.82) is 0 Å². The van der Waals surface area contributed by atoms with Crippen molar-refractivity contribution in [3.63, 3.8) is 0 Å². The molecule has 1 N–H and O–H groups in total. The highest BCUT2D eigenvalue weighted by molar-refractivity contribution is 5.88. The lowest BCUT2D eigenvalue weighted by Crippen LogP contribution is -2.63. The van der Waals surface area contributed by atoms with Crippen LogP contribution >= 0.6 is 0 Å². The molecular formula is C22H22N6. The molecule has 2 aliphatic rings. The third-order valence-corrected chi connectivity index (χ3v) is 6.23. The molecule has 0 amide bonds. The van der Waals surface area contributed by atoms with Crippen LogP contribution < -0.4 is 5.32 Å². The highest BCUT2D eigenvalue weighted by atomic mass is 15.3. The second-order valence-electron chi connectivity index (χ2n) is 8.47. The number of hydrogen-bond donors (Lipinski definition) is 1. The van der Waals surface area contributed by atoms with E-state index in [1.165, 1.54) is 25.9 Å². The molecular weight excluding hydrogens is 348 g/mol. The molecule has 1 saturated carbocycles. The fourth-order valence-corrected chi connectivity index (χ4v) is 5.08. The van der Waals surface area contributed by atoms with Gasteiger partial charge in [-0.3, -0.25) is 4.98 Å². The normalized spacial score (nSPS) is 19.0. The summed E-state index contributed by atoms with van der Waals surface area (Å²) in [5.74, 6) is 0.713. The Labute approximate surface area is 163 Å². The topological polar surface area (TPSA) is 58.3 Å². The predicted molar refractivity (Wildman–Crippen MR) is 110 cm³/mol. The van der Waals surface area contributed by atoms with Crippen LogP contribution in [0.5, 0.6) is 0 Å². The van der Waals surface area contributed by atoms with E-state index in [-0.39, 0.29) is 0 Å². The summed E-state index contributed by atoms with van der Waals surface area (Å²) in [5, 5.41) is 9.33. The van der Waals surface area contributed by atoms with E-state index < -0.39 is 0 Å². The van der Waals surface area contributed by atoms with Crippen LogP contribution in [0, 0.1) is 5.41 Å². The maximum Gasteiger partial charge on any atom is 0.241 e. The van der Waals surface area contributed by atoms with Gasteiger partial charge in [0.25, 0.3) is 0 Å². The van der Waals surface area contributed by atoms with E-state index in [1.807, 2.05) is 29.2 Å². The van der Waals surface area contributed by atoms with Gasteiger partial charge in [-0.1, -0.05) is 12.1 Å². The molecule has 1 saturated heterocycles. The van der Waals surface area contributed by atoms with Crippen LogP contribution in [-0.2, 0) is 0 Å². The van der Waals surface area contributed by atoms with Crippen molar-refractivity contribution in [1.82, 2.24) is 24.5 Å². The van der Waals surface area contributed by atoms with Crippen LogP contribution in [-0.4, -0.2) is 50.7 Å². The molecule has 0 atom stereocenters. The van der Waals surface area contributed by atoms with E-state index in [2.05, 4.69) is 62.7 Å². The predicted octanol–water partition coefficient (Wildman–Crippen LogP) is 3.45. The molecule has 4 aromatic rings. The number of anilines is 1. The highest BCUT2D eigenvalue weighted by Crippen LogP contribution is 2.48. The number of aromatic nitrogens is 4. The Balaban J connectivity index is 1.25. The van der Waals surface area contributed by atoms with Gasteiger partial charge in [0.15, 0.2) is 0 Å². The van der Waals surface area contributed by atoms with Crippen LogP contribution in [0.2, 0.25) is 0 Å². The highest BCUT2D eigenvalue weighted by Gasteiger charge is 2.51. The van der Waals surface area contributed by atoms with E-state index in [1.54, 1.807) is 0 Å². The Morgan fingerprint density at radius 3 is 2.86 bits per heavy atom. The first kappa shape index (κ1) is 16.0. The molecule has 0 unspecified atom stereocenters. The number of hydrogen-bond acceptors (Lipinski definition) is 5. The van der Waals surface area contributed by atoms with Crippen LogP contribution in [0.3, 0.4) is 0 Å². The van der Waals surface area contributed by atoms with Crippen molar-refractivity contribution >= 4 is 22.4 Å². The van der Waals surface area contributed by atoms with Gasteiger partial charge in [-0.15, -0.1) is 5.10 Å². The van der Waals surface area contributed by atoms with Gasteiger partial charge in [-0.2, -0.15) is 0 Å². The standard InChI is InChI=1S/C22H22N6/c1-27-13-22(14-27)10-17(11-22)25-21-24-12-20-18(6-8-28(20)26-21)15-4-5-19-16(9-15)3-2-7-23-19/h2-9,12,17H,10-11,13-14H2,1H3,(H,25,26). The Bertz CT molecular complexity index is 1180. The minimum Gasteiger partial charge on any atom is -0.350 e. The van der Waals surface area contributed by atoms with E-state index in [9.17, 15) is 0 Å². The minimum atomic E-state index is 0.495. The van der Waals surface area contributed by atoms with E-state index >= 15 is 0 Å². The van der Waals surface area contributed by atoms with Gasteiger partial charge in [0.2, 0.25) is 5.95 Å². The monoisotopic (exact) mass is 370 g/mol. The molecule has 1 aliphatic carbocycles. The Kier molecular flexibility index (Phi) is 3.29. The second kappa shape index (κ2) is 5.75. The number of fused-ring (bicyclic) bond motifs is 2. The third-order valence-electron chi connectivity index (χ3n) is 6.23. The summed E-state index contributed by atoms with van der Waals surface area (Å²) >= 11 is 0. The minimum absolute atomic E-state index is 0.495. The molecule has 1 aromatic carbocycles. The fraction of sp³-hybridized carbons (Fsp3) is 0.318. The van der Waals surface area contributed by atoms with Crippen molar-refractivity contribution in [3.8, 4) is 11.1 Å². The average molecular weight is 370 g/mol. The molecule has 28 heavy (non-hydrogen) atoms. The summed E-state index contributed by atoms with van der Waals surface area (Å²) < 4.78 is 1.92. The van der Waals surface area contributed by atoms with Crippen LogP contribution in [0.25, 0.3) is 27.5 Å². The molecule has 3 aromatic heterocycles. The zero-order valence-corrected chi connectivity index (χ0v) is 15.8. The molecule has 1 aliphatic heterocycles. The number of rotatable bonds is 3. The number of nitrogens with one attached hydrogen (secondary N) is 1. The first-order valence-electron chi connectivity index (χ1n) is 9.82. The summed E-state index contributed by atoms with van der Waals surface area (Å²) in [6, 6.07) is 13.0. The second-order valence-corrected chi connectivity index (χ2v) is 8.47. The van der Waals surface area contributed by atoms with Gasteiger partial charge in [0.05, 0.1) is 17.2 Å². The quantitative estimate of drug-likeness (QED) is 0.599. The first-order valence-corrected chi connectivity index (χ1v) is 9.82. The summed E-state index contributed by atoms with van der Waals surface area (Å²) in [6.07, 6.45) is 8.20. The summed E-state index contributed by atoms with van der Waals surface area (Å²) in [4.78, 5) is 11.4. The molecule has 6 rings (SSSR count). The summed E-state index contributed by atoms with van der Waals surface area (Å²) in [5.41, 5.74) is 4.87. The van der Waals surface area contributed by atoms with Crippen LogP contribution in [0.15, 0.2) is 55.0 Å². The van der Waals surface area contributed by atoms with Crippen LogP contribution in [0.1, 0.15) is 12.8 Å². The number of pyridine rings is 1. The molecule has 6 nitrogen and oxygen atoms in total. The molecule has 2 fully saturated rings.